The van der Waals surface area contributed by atoms with Gasteiger partial charge in [0.1, 0.15) is 23.9 Å². The summed E-state index contributed by atoms with van der Waals surface area (Å²) in [6.45, 7) is 8.69. The molecule has 0 saturated heterocycles. The average Bonchev–Trinajstić information content (AvgIpc) is 2.83. The maximum atomic E-state index is 12.1. The van der Waals surface area contributed by atoms with Gasteiger partial charge in [-0.2, -0.15) is 0 Å². The summed E-state index contributed by atoms with van der Waals surface area (Å²) in [5.74, 6) is 1.84. The second-order valence-corrected chi connectivity index (χ2v) is 8.00. The Morgan fingerprint density at radius 3 is 2.38 bits per heavy atom. The highest BCUT2D eigenvalue weighted by atomic mass is 16.6. The predicted octanol–water partition coefficient (Wildman–Crippen LogP) is 5.12. The van der Waals surface area contributed by atoms with Crippen molar-refractivity contribution >= 4 is 16.9 Å². The van der Waals surface area contributed by atoms with Gasteiger partial charge in [-0.3, -0.25) is 4.98 Å². The molecule has 34 heavy (non-hydrogen) atoms. The molecule has 2 aromatic carbocycles. The van der Waals surface area contributed by atoms with Gasteiger partial charge in [-0.15, -0.1) is 0 Å². The first-order chi connectivity index (χ1) is 16.4. The van der Waals surface area contributed by atoms with Gasteiger partial charge in [0.05, 0.1) is 30.9 Å². The molecule has 0 aliphatic carbocycles. The van der Waals surface area contributed by atoms with E-state index >= 15 is 0 Å². The number of esters is 1. The van der Waals surface area contributed by atoms with Gasteiger partial charge in [0.2, 0.25) is 0 Å². The van der Waals surface area contributed by atoms with Crippen molar-refractivity contribution in [1.82, 2.24) is 4.98 Å². The number of carbonyl (C=O) groups excluding carboxylic acids is 1. The molecule has 1 atom stereocenters. The monoisotopic (exact) mass is 467 g/mol. The van der Waals surface area contributed by atoms with Crippen molar-refractivity contribution in [2.24, 2.45) is 0 Å². The molecule has 0 amide bonds. The Bertz CT molecular complexity index is 1080. The quantitative estimate of drug-likeness (QED) is 0.342. The maximum Gasteiger partial charge on any atom is 0.335 e. The van der Waals surface area contributed by atoms with Gasteiger partial charge in [0.15, 0.2) is 6.10 Å². The minimum Gasteiger partial charge on any atom is -0.497 e. The molecule has 3 rings (SSSR count). The second-order valence-electron chi connectivity index (χ2n) is 8.00. The first-order valence-electron chi connectivity index (χ1n) is 11.6. The first kappa shape index (κ1) is 25.3. The van der Waals surface area contributed by atoms with Crippen LogP contribution < -0.4 is 14.2 Å². The summed E-state index contributed by atoms with van der Waals surface area (Å²) in [5, 5.41) is 0.880. The first-order valence-corrected chi connectivity index (χ1v) is 11.6. The highest BCUT2D eigenvalue weighted by molar-refractivity contribution is 5.87. The number of carbonyl (C=O) groups is 1. The van der Waals surface area contributed by atoms with E-state index in [-0.39, 0.29) is 12.1 Å². The van der Waals surface area contributed by atoms with Gasteiger partial charge in [0, 0.05) is 24.6 Å². The number of hydrogen-bond acceptors (Lipinski definition) is 7. The third-order valence-corrected chi connectivity index (χ3v) is 5.11. The normalized spacial score (nSPS) is 11.9. The Morgan fingerprint density at radius 1 is 1.00 bits per heavy atom. The van der Waals surface area contributed by atoms with Crippen molar-refractivity contribution in [3.63, 3.8) is 0 Å². The minimum absolute atomic E-state index is 0.00693. The molecule has 0 spiro atoms. The van der Waals surface area contributed by atoms with Crippen molar-refractivity contribution in [1.29, 1.82) is 0 Å². The molecule has 1 aromatic heterocycles. The number of benzene rings is 2. The molecule has 3 aromatic rings. The minimum atomic E-state index is -0.617. The Kier molecular flexibility index (Phi) is 9.10. The third kappa shape index (κ3) is 6.60. The van der Waals surface area contributed by atoms with E-state index in [0.29, 0.717) is 32.0 Å². The Morgan fingerprint density at radius 2 is 1.74 bits per heavy atom. The van der Waals surface area contributed by atoms with Crippen LogP contribution in [0.4, 0.5) is 0 Å². The fraction of sp³-hybridized carbons (Fsp3) is 0.407. The van der Waals surface area contributed by atoms with E-state index in [1.54, 1.807) is 20.2 Å². The van der Waals surface area contributed by atoms with E-state index in [4.69, 9.17) is 23.7 Å². The maximum absolute atomic E-state index is 12.1. The van der Waals surface area contributed by atoms with Crippen LogP contribution >= 0.6 is 0 Å². The molecule has 7 heteroatoms. The van der Waals surface area contributed by atoms with Crippen molar-refractivity contribution in [2.45, 2.75) is 52.9 Å². The highest BCUT2D eigenvalue weighted by Crippen LogP contribution is 2.33. The molecule has 0 aliphatic heterocycles. The fourth-order valence-electron chi connectivity index (χ4n) is 3.54. The lowest BCUT2D eigenvalue weighted by atomic mass is 10.1. The van der Waals surface area contributed by atoms with Crippen LogP contribution in [0.25, 0.3) is 10.9 Å². The van der Waals surface area contributed by atoms with E-state index in [2.05, 4.69) is 4.98 Å². The van der Waals surface area contributed by atoms with Gasteiger partial charge in [0.25, 0.3) is 0 Å². The Balaban J connectivity index is 1.74. The number of nitrogens with zero attached hydrogens (tertiary/aromatic N) is 1. The number of pyridine rings is 1. The summed E-state index contributed by atoms with van der Waals surface area (Å²) < 4.78 is 28.2. The van der Waals surface area contributed by atoms with Crippen LogP contribution in [0.2, 0.25) is 0 Å². The van der Waals surface area contributed by atoms with Gasteiger partial charge < -0.3 is 23.7 Å². The highest BCUT2D eigenvalue weighted by Gasteiger charge is 2.20. The molecule has 1 heterocycles. The zero-order valence-electron chi connectivity index (χ0n) is 20.5. The van der Waals surface area contributed by atoms with E-state index in [9.17, 15) is 4.79 Å². The molecule has 0 N–H and O–H groups in total. The Labute approximate surface area is 200 Å². The third-order valence-electron chi connectivity index (χ3n) is 5.11. The lowest BCUT2D eigenvalue weighted by Gasteiger charge is -2.18. The average molecular weight is 468 g/mol. The van der Waals surface area contributed by atoms with Crippen molar-refractivity contribution < 1.29 is 28.5 Å². The van der Waals surface area contributed by atoms with Gasteiger partial charge in [-0.05, 0) is 63.6 Å². The zero-order chi connectivity index (χ0) is 24.5. The number of methoxy groups -OCH3 is 1. The molecule has 182 valence electrons. The van der Waals surface area contributed by atoms with Crippen molar-refractivity contribution in [2.75, 3.05) is 20.3 Å². The van der Waals surface area contributed by atoms with Crippen molar-refractivity contribution in [3.8, 4) is 17.2 Å². The summed E-state index contributed by atoms with van der Waals surface area (Å²) in [4.78, 5) is 16.7. The van der Waals surface area contributed by atoms with Crippen LogP contribution in [-0.2, 0) is 27.3 Å². The zero-order valence-corrected chi connectivity index (χ0v) is 20.5. The number of ether oxygens (including phenoxy) is 5. The lowest BCUT2D eigenvalue weighted by Crippen LogP contribution is -2.28. The molecular formula is C27H33NO6. The smallest absolute Gasteiger partial charge is 0.335 e. The van der Waals surface area contributed by atoms with Crippen molar-refractivity contribution in [3.05, 3.63) is 59.8 Å². The number of rotatable bonds is 12. The van der Waals surface area contributed by atoms with Crippen LogP contribution in [0.1, 0.15) is 38.8 Å². The van der Waals surface area contributed by atoms with Crippen LogP contribution in [0.5, 0.6) is 17.2 Å². The van der Waals surface area contributed by atoms with Gasteiger partial charge >= 0.3 is 5.97 Å². The topological polar surface area (TPSA) is 76.1 Å². The SMILES string of the molecule is CCOC(=O)C(Cc1ccc(OCc2cnc3ccc(OC)cc3c2OC(C)C)cc1)OCC. The summed E-state index contributed by atoms with van der Waals surface area (Å²) in [6, 6.07) is 13.3. The number of fused-ring (bicyclic) bond motifs is 1. The lowest BCUT2D eigenvalue weighted by molar-refractivity contribution is -0.156. The van der Waals surface area contributed by atoms with Crippen LogP contribution in [-0.4, -0.2) is 43.5 Å². The summed E-state index contributed by atoms with van der Waals surface area (Å²) in [6.07, 6.45) is 1.60. The Hall–Kier alpha value is -3.32. The molecule has 1 unspecified atom stereocenters. The molecule has 0 radical (unpaired) electrons. The fourth-order valence-corrected chi connectivity index (χ4v) is 3.54. The predicted molar refractivity (Wildman–Crippen MR) is 131 cm³/mol. The van der Waals surface area contributed by atoms with E-state index < -0.39 is 6.10 Å². The van der Waals surface area contributed by atoms with E-state index in [1.165, 1.54) is 0 Å². The van der Waals surface area contributed by atoms with Crippen LogP contribution in [0.3, 0.4) is 0 Å². The molecule has 0 aliphatic rings. The molecule has 7 nitrogen and oxygen atoms in total. The van der Waals surface area contributed by atoms with Gasteiger partial charge in [-0.1, -0.05) is 12.1 Å². The molecule has 0 bridgehead atoms. The molecule has 0 fully saturated rings. The standard InChI is InChI=1S/C27H33NO6/c1-6-31-25(27(29)32-7-2)14-19-8-10-21(11-9-19)33-17-20-16-28-24-13-12-22(30-5)15-23(24)26(20)34-18(3)4/h8-13,15-16,18,25H,6-7,14,17H2,1-5H3. The number of hydrogen-bond donors (Lipinski definition) is 0. The summed E-state index contributed by atoms with van der Waals surface area (Å²) in [5.41, 5.74) is 2.63. The number of aromatic nitrogens is 1. The van der Waals surface area contributed by atoms with E-state index in [1.807, 2.05) is 63.2 Å². The van der Waals surface area contributed by atoms with E-state index in [0.717, 1.165) is 33.5 Å². The largest absolute Gasteiger partial charge is 0.497 e. The molecule has 0 saturated carbocycles. The summed E-state index contributed by atoms with van der Waals surface area (Å²) >= 11 is 0. The van der Waals surface area contributed by atoms with Gasteiger partial charge in [-0.25, -0.2) is 4.79 Å². The summed E-state index contributed by atoms with van der Waals surface area (Å²) in [7, 11) is 1.64. The molecular weight excluding hydrogens is 434 g/mol. The van der Waals surface area contributed by atoms with Crippen LogP contribution in [0, 0.1) is 0 Å². The van der Waals surface area contributed by atoms with Crippen LogP contribution in [0.15, 0.2) is 48.7 Å². The second kappa shape index (κ2) is 12.2.